The van der Waals surface area contributed by atoms with E-state index >= 15 is 0 Å². The van der Waals surface area contributed by atoms with E-state index < -0.39 is 0 Å². The smallest absolute Gasteiger partial charge is 0.196 e. The summed E-state index contributed by atoms with van der Waals surface area (Å²) in [4.78, 5) is 2.35. The fraction of sp³-hybridized carbons (Fsp3) is 0.0204. The first-order valence-electron chi connectivity index (χ1n) is 18.3. The summed E-state index contributed by atoms with van der Waals surface area (Å²) in [5.41, 5.74) is 12.2. The molecule has 1 unspecified atom stereocenters. The first-order chi connectivity index (χ1) is 26.8. The van der Waals surface area contributed by atoms with Gasteiger partial charge in [0, 0.05) is 44.9 Å². The zero-order chi connectivity index (χ0) is 35.6. The van der Waals surface area contributed by atoms with E-state index in [1.807, 2.05) is 30.3 Å². The van der Waals surface area contributed by atoms with Crippen molar-refractivity contribution in [3.05, 3.63) is 194 Å². The van der Waals surface area contributed by atoms with Gasteiger partial charge in [-0.3, -0.25) is 0 Å². The third-order valence-corrected chi connectivity index (χ3v) is 10.6. The monoisotopic (exact) mass is 695 g/mol. The first kappa shape index (κ1) is 30.4. The van der Waals surface area contributed by atoms with Crippen LogP contribution in [0.5, 0.6) is 5.75 Å². The van der Waals surface area contributed by atoms with Crippen molar-refractivity contribution in [2.24, 2.45) is 0 Å². The molecule has 0 aliphatic carbocycles. The maximum Gasteiger partial charge on any atom is 0.196 e. The zero-order valence-corrected chi connectivity index (χ0v) is 29.2. The van der Waals surface area contributed by atoms with Crippen LogP contribution in [-0.2, 0) is 0 Å². The molecule has 11 rings (SSSR count). The van der Waals surface area contributed by atoms with Gasteiger partial charge in [-0.05, 0) is 59.7 Å². The van der Waals surface area contributed by atoms with Gasteiger partial charge < -0.3 is 23.9 Å². The summed E-state index contributed by atoms with van der Waals surface area (Å²) < 4.78 is 16.0. The second-order valence-corrected chi connectivity index (χ2v) is 13.8. The summed E-state index contributed by atoms with van der Waals surface area (Å²) in [7, 11) is 0. The van der Waals surface area contributed by atoms with Crippen LogP contribution < -0.4 is 15.0 Å². The van der Waals surface area contributed by atoms with Crippen molar-refractivity contribution >= 4 is 66.5 Å². The molecule has 256 valence electrons. The molecule has 1 aliphatic heterocycles. The lowest BCUT2D eigenvalue weighted by Crippen LogP contribution is -2.13. The number of furan rings is 1. The van der Waals surface area contributed by atoms with Gasteiger partial charge in [0.15, 0.2) is 12.0 Å². The van der Waals surface area contributed by atoms with Gasteiger partial charge in [0.25, 0.3) is 0 Å². The van der Waals surface area contributed by atoms with Gasteiger partial charge in [-0.2, -0.15) is 0 Å². The van der Waals surface area contributed by atoms with E-state index in [4.69, 9.17) is 9.15 Å². The van der Waals surface area contributed by atoms with Crippen molar-refractivity contribution in [1.82, 2.24) is 4.57 Å². The third-order valence-electron chi connectivity index (χ3n) is 10.6. The summed E-state index contributed by atoms with van der Waals surface area (Å²) in [5, 5.41) is 8.11. The fourth-order valence-corrected chi connectivity index (χ4v) is 8.15. The topological polar surface area (TPSA) is 42.6 Å². The number of rotatable bonds is 6. The third kappa shape index (κ3) is 4.79. The second kappa shape index (κ2) is 12.2. The van der Waals surface area contributed by atoms with Crippen molar-refractivity contribution in [2.75, 3.05) is 10.2 Å². The average molecular weight is 696 g/mol. The number of nitrogens with zero attached hydrogens (tertiary/aromatic N) is 2. The maximum absolute atomic E-state index is 7.00. The van der Waals surface area contributed by atoms with Crippen LogP contribution >= 0.6 is 0 Å². The number of aromatic nitrogens is 1. The number of nitrogens with one attached hydrogen (secondary N) is 1. The Balaban J connectivity index is 1.21. The Hall–Kier alpha value is -7.24. The molecule has 2 aromatic heterocycles. The van der Waals surface area contributed by atoms with Crippen LogP contribution in [0.2, 0.25) is 0 Å². The Bertz CT molecular complexity index is 2990. The number of benzene rings is 8. The molecule has 0 bridgehead atoms. The Morgan fingerprint density at radius 1 is 0.500 bits per heavy atom. The normalized spacial score (nSPS) is 13.7. The maximum atomic E-state index is 7.00. The second-order valence-electron chi connectivity index (χ2n) is 13.8. The van der Waals surface area contributed by atoms with E-state index in [1.54, 1.807) is 0 Å². The van der Waals surface area contributed by atoms with Gasteiger partial charge in [0.2, 0.25) is 0 Å². The van der Waals surface area contributed by atoms with Crippen LogP contribution in [0.4, 0.5) is 22.7 Å². The molecular weight excluding hydrogens is 663 g/mol. The fourth-order valence-electron chi connectivity index (χ4n) is 8.15. The van der Waals surface area contributed by atoms with Gasteiger partial charge in [0.05, 0.1) is 22.1 Å². The van der Waals surface area contributed by atoms with Crippen LogP contribution in [0.1, 0.15) is 11.8 Å². The molecule has 1 atom stereocenters. The summed E-state index contributed by atoms with van der Waals surface area (Å²) in [6, 6.07) is 66.1. The van der Waals surface area contributed by atoms with Crippen LogP contribution in [0, 0.1) is 0 Å². The largest absolute Gasteiger partial charge is 0.462 e. The Morgan fingerprint density at radius 3 is 1.93 bits per heavy atom. The number of hydrogen-bond donors (Lipinski definition) is 1. The molecule has 0 fully saturated rings. The van der Waals surface area contributed by atoms with E-state index in [1.165, 1.54) is 16.3 Å². The molecular formula is C49H33N3O2. The van der Waals surface area contributed by atoms with Crippen molar-refractivity contribution in [2.45, 2.75) is 6.23 Å². The minimum absolute atomic E-state index is 0.358. The highest BCUT2D eigenvalue weighted by molar-refractivity contribution is 6.17. The SMILES string of the molecule is c1ccc(-c2ccc(N(c3ccc4c5ccccc5n(-c5ccccc5)c4c3)c3c4c(cc5oc6ccccc6c35)NC(c3ccccc3)O4)cc2)cc1. The van der Waals surface area contributed by atoms with Crippen molar-refractivity contribution in [1.29, 1.82) is 0 Å². The zero-order valence-electron chi connectivity index (χ0n) is 29.2. The van der Waals surface area contributed by atoms with Crippen molar-refractivity contribution < 1.29 is 9.15 Å². The first-order valence-corrected chi connectivity index (χ1v) is 18.3. The number of anilines is 4. The van der Waals surface area contributed by atoms with Crippen molar-refractivity contribution in [3.63, 3.8) is 0 Å². The predicted octanol–water partition coefficient (Wildman–Crippen LogP) is 13.3. The van der Waals surface area contributed by atoms with Gasteiger partial charge in [-0.25, -0.2) is 0 Å². The van der Waals surface area contributed by atoms with Crippen LogP contribution in [-0.4, -0.2) is 4.57 Å². The predicted molar refractivity (Wildman–Crippen MR) is 222 cm³/mol. The molecule has 0 amide bonds. The van der Waals surface area contributed by atoms with E-state index in [0.29, 0.717) is 0 Å². The van der Waals surface area contributed by atoms with Crippen LogP contribution in [0.3, 0.4) is 0 Å². The van der Waals surface area contributed by atoms with Gasteiger partial charge in [-0.1, -0.05) is 133 Å². The van der Waals surface area contributed by atoms with E-state index in [-0.39, 0.29) is 6.23 Å². The molecule has 5 heteroatoms. The van der Waals surface area contributed by atoms with E-state index in [9.17, 15) is 0 Å². The van der Waals surface area contributed by atoms with Gasteiger partial charge in [-0.15, -0.1) is 0 Å². The molecule has 0 spiro atoms. The molecule has 10 aromatic rings. The molecule has 8 aromatic carbocycles. The molecule has 3 heterocycles. The molecule has 1 N–H and O–H groups in total. The summed E-state index contributed by atoms with van der Waals surface area (Å²) >= 11 is 0. The molecule has 0 radical (unpaired) electrons. The molecule has 0 saturated carbocycles. The Morgan fingerprint density at radius 2 is 1.13 bits per heavy atom. The minimum atomic E-state index is -0.358. The number of fused-ring (bicyclic) bond motifs is 7. The molecule has 54 heavy (non-hydrogen) atoms. The highest BCUT2D eigenvalue weighted by atomic mass is 16.5. The lowest BCUT2D eigenvalue weighted by molar-refractivity contribution is 0.261. The summed E-state index contributed by atoms with van der Waals surface area (Å²) in [6.45, 7) is 0. The summed E-state index contributed by atoms with van der Waals surface area (Å²) in [5.74, 6) is 0.777. The average Bonchev–Trinajstić information content (AvgIpc) is 3.93. The Labute approximate surface area is 311 Å². The van der Waals surface area contributed by atoms with E-state index in [2.05, 4.69) is 173 Å². The minimum Gasteiger partial charge on any atom is -0.462 e. The molecule has 1 aliphatic rings. The lowest BCUT2D eigenvalue weighted by atomic mass is 10.0. The highest BCUT2D eigenvalue weighted by Crippen LogP contribution is 2.55. The molecule has 5 nitrogen and oxygen atoms in total. The van der Waals surface area contributed by atoms with Crippen molar-refractivity contribution in [3.8, 4) is 22.6 Å². The number of ether oxygens (including phenoxy) is 1. The quantitative estimate of drug-likeness (QED) is 0.188. The number of hydrogen-bond acceptors (Lipinski definition) is 4. The summed E-state index contributed by atoms with van der Waals surface area (Å²) in [6.07, 6.45) is -0.358. The van der Waals surface area contributed by atoms with E-state index in [0.717, 1.165) is 78.3 Å². The standard InChI is InChI=1S/C49H33N3O2/c1-4-14-32(15-5-1)33-24-26-36(27-25-33)51(37-28-29-39-38-20-10-12-22-42(38)52(43(39)30-37)35-18-8-3-9-19-35)47-46-40-21-11-13-23-44(40)53-45(46)31-41-48(47)54-49(50-41)34-16-6-2-7-17-34/h1-31,49-50H. The highest BCUT2D eigenvalue weighted by Gasteiger charge is 2.33. The molecule has 0 saturated heterocycles. The lowest BCUT2D eigenvalue weighted by Gasteiger charge is -2.28. The van der Waals surface area contributed by atoms with Crippen LogP contribution in [0.25, 0.3) is 60.6 Å². The van der Waals surface area contributed by atoms with Crippen LogP contribution in [0.15, 0.2) is 192 Å². The van der Waals surface area contributed by atoms with Gasteiger partial charge in [0.1, 0.15) is 16.9 Å². The van der Waals surface area contributed by atoms with Gasteiger partial charge >= 0.3 is 0 Å². The Kier molecular flexibility index (Phi) is 6.85. The number of para-hydroxylation sites is 3.